The van der Waals surface area contributed by atoms with Gasteiger partial charge in [-0.05, 0) is 0 Å². The standard InChI is InChI=1S/C11H15N5O/c1-2-9-13-10(15-3-5-17-6-4-15)7-11-14-12-8-16(9)11/h7-8H,2-6H2,1H3. The van der Waals surface area contributed by atoms with Crippen molar-refractivity contribution < 1.29 is 4.74 Å². The summed E-state index contributed by atoms with van der Waals surface area (Å²) in [6.45, 7) is 5.40. The molecule has 0 aromatic carbocycles. The Morgan fingerprint density at radius 1 is 1.35 bits per heavy atom. The highest BCUT2D eigenvalue weighted by Gasteiger charge is 2.15. The van der Waals surface area contributed by atoms with Gasteiger partial charge < -0.3 is 9.64 Å². The minimum absolute atomic E-state index is 0.765. The molecule has 0 N–H and O–H groups in total. The highest BCUT2D eigenvalue weighted by Crippen LogP contribution is 2.16. The number of hydrogen-bond acceptors (Lipinski definition) is 5. The Kier molecular flexibility index (Phi) is 2.64. The van der Waals surface area contributed by atoms with Crippen LogP contribution in [-0.4, -0.2) is 45.9 Å². The van der Waals surface area contributed by atoms with Gasteiger partial charge in [0.1, 0.15) is 18.0 Å². The molecule has 3 heterocycles. The van der Waals surface area contributed by atoms with E-state index in [1.807, 2.05) is 10.5 Å². The van der Waals surface area contributed by atoms with E-state index in [0.717, 1.165) is 50.0 Å². The monoisotopic (exact) mass is 233 g/mol. The number of morpholine rings is 1. The minimum atomic E-state index is 0.765. The molecule has 3 rings (SSSR count). The van der Waals surface area contributed by atoms with Gasteiger partial charge in [0.25, 0.3) is 0 Å². The van der Waals surface area contributed by atoms with Crippen LogP contribution in [-0.2, 0) is 11.2 Å². The van der Waals surface area contributed by atoms with E-state index in [2.05, 4.69) is 27.0 Å². The average Bonchev–Trinajstić information content (AvgIpc) is 2.86. The first-order chi connectivity index (χ1) is 8.38. The van der Waals surface area contributed by atoms with Crippen LogP contribution < -0.4 is 4.90 Å². The molecule has 0 aliphatic carbocycles. The molecule has 0 spiro atoms. The zero-order valence-corrected chi connectivity index (χ0v) is 9.83. The van der Waals surface area contributed by atoms with Gasteiger partial charge in [-0.1, -0.05) is 6.92 Å². The van der Waals surface area contributed by atoms with Crippen molar-refractivity contribution in [2.45, 2.75) is 13.3 Å². The molecular weight excluding hydrogens is 218 g/mol. The molecule has 0 unspecified atom stereocenters. The maximum absolute atomic E-state index is 5.35. The van der Waals surface area contributed by atoms with Crippen molar-refractivity contribution in [1.82, 2.24) is 19.6 Å². The van der Waals surface area contributed by atoms with Crippen molar-refractivity contribution >= 4 is 11.5 Å². The van der Waals surface area contributed by atoms with E-state index in [9.17, 15) is 0 Å². The van der Waals surface area contributed by atoms with E-state index in [1.165, 1.54) is 0 Å². The van der Waals surface area contributed by atoms with Crippen molar-refractivity contribution in [2.75, 3.05) is 31.2 Å². The minimum Gasteiger partial charge on any atom is -0.378 e. The lowest BCUT2D eigenvalue weighted by molar-refractivity contribution is 0.122. The fourth-order valence-electron chi connectivity index (χ4n) is 2.08. The van der Waals surface area contributed by atoms with E-state index in [4.69, 9.17) is 4.74 Å². The molecule has 1 aliphatic heterocycles. The molecule has 17 heavy (non-hydrogen) atoms. The van der Waals surface area contributed by atoms with Gasteiger partial charge >= 0.3 is 0 Å². The lowest BCUT2D eigenvalue weighted by Gasteiger charge is -2.28. The van der Waals surface area contributed by atoms with Crippen LogP contribution in [0.2, 0.25) is 0 Å². The maximum atomic E-state index is 5.35. The smallest absolute Gasteiger partial charge is 0.165 e. The molecule has 0 atom stereocenters. The Bertz CT molecular complexity index is 518. The summed E-state index contributed by atoms with van der Waals surface area (Å²) in [5.74, 6) is 1.97. The van der Waals surface area contributed by atoms with Gasteiger partial charge in [0.15, 0.2) is 5.65 Å². The Morgan fingerprint density at radius 3 is 2.94 bits per heavy atom. The summed E-state index contributed by atoms with van der Waals surface area (Å²) in [5.41, 5.74) is 0.860. The summed E-state index contributed by atoms with van der Waals surface area (Å²) in [6.07, 6.45) is 2.58. The van der Waals surface area contributed by atoms with Crippen LogP contribution in [0.15, 0.2) is 12.4 Å². The van der Waals surface area contributed by atoms with Gasteiger partial charge in [0.05, 0.1) is 13.2 Å². The lowest BCUT2D eigenvalue weighted by atomic mass is 10.3. The Labute approximate surface area is 99.2 Å². The van der Waals surface area contributed by atoms with Crippen LogP contribution >= 0.6 is 0 Å². The summed E-state index contributed by atoms with van der Waals surface area (Å²) in [5, 5.41) is 8.02. The quantitative estimate of drug-likeness (QED) is 0.757. The summed E-state index contributed by atoms with van der Waals surface area (Å²) in [7, 11) is 0. The van der Waals surface area contributed by atoms with Crippen LogP contribution in [0.1, 0.15) is 12.7 Å². The molecule has 2 aromatic heterocycles. The third-order valence-corrected chi connectivity index (χ3v) is 3.01. The van der Waals surface area contributed by atoms with Gasteiger partial charge in [0.2, 0.25) is 0 Å². The molecule has 0 saturated carbocycles. The number of aryl methyl sites for hydroxylation is 1. The molecule has 6 nitrogen and oxygen atoms in total. The second kappa shape index (κ2) is 4.29. The Balaban J connectivity index is 2.03. The van der Waals surface area contributed by atoms with E-state index in [1.54, 1.807) is 6.33 Å². The third kappa shape index (κ3) is 1.84. The van der Waals surface area contributed by atoms with Crippen LogP contribution in [0.3, 0.4) is 0 Å². The van der Waals surface area contributed by atoms with Gasteiger partial charge in [-0.25, -0.2) is 4.98 Å². The first-order valence-electron chi connectivity index (χ1n) is 5.91. The summed E-state index contributed by atoms with van der Waals surface area (Å²) in [6, 6.07) is 1.98. The van der Waals surface area contributed by atoms with Crippen molar-refractivity contribution in [1.29, 1.82) is 0 Å². The number of rotatable bonds is 2. The van der Waals surface area contributed by atoms with Crippen LogP contribution in [0, 0.1) is 0 Å². The highest BCUT2D eigenvalue weighted by atomic mass is 16.5. The molecule has 0 radical (unpaired) electrons. The van der Waals surface area contributed by atoms with Crippen molar-refractivity contribution in [3.8, 4) is 0 Å². The van der Waals surface area contributed by atoms with Crippen LogP contribution in [0.4, 0.5) is 5.82 Å². The number of hydrogen-bond donors (Lipinski definition) is 0. The molecule has 2 aromatic rings. The molecule has 6 heteroatoms. The zero-order valence-electron chi connectivity index (χ0n) is 9.83. The predicted molar refractivity (Wildman–Crippen MR) is 63.2 cm³/mol. The predicted octanol–water partition coefficient (Wildman–Crippen LogP) is 0.523. The van der Waals surface area contributed by atoms with Crippen molar-refractivity contribution in [3.63, 3.8) is 0 Å². The number of anilines is 1. The maximum Gasteiger partial charge on any atom is 0.165 e. The molecule has 0 bridgehead atoms. The summed E-state index contributed by atoms with van der Waals surface area (Å²) < 4.78 is 7.28. The Hall–Kier alpha value is -1.69. The Morgan fingerprint density at radius 2 is 2.18 bits per heavy atom. The van der Waals surface area contributed by atoms with Crippen LogP contribution in [0.5, 0.6) is 0 Å². The molecule has 1 saturated heterocycles. The molecular formula is C11H15N5O. The van der Waals surface area contributed by atoms with Crippen molar-refractivity contribution in [2.24, 2.45) is 0 Å². The lowest BCUT2D eigenvalue weighted by Crippen LogP contribution is -2.37. The second-order valence-electron chi connectivity index (χ2n) is 4.04. The first-order valence-corrected chi connectivity index (χ1v) is 5.91. The zero-order chi connectivity index (χ0) is 11.7. The highest BCUT2D eigenvalue weighted by molar-refractivity contribution is 5.51. The fourth-order valence-corrected chi connectivity index (χ4v) is 2.08. The SMILES string of the molecule is CCc1nc(N2CCOCC2)cc2nncn12. The molecule has 90 valence electrons. The summed E-state index contributed by atoms with van der Waals surface area (Å²) >= 11 is 0. The van der Waals surface area contributed by atoms with Gasteiger partial charge in [-0.15, -0.1) is 10.2 Å². The van der Waals surface area contributed by atoms with Crippen LogP contribution in [0.25, 0.3) is 5.65 Å². The number of fused-ring (bicyclic) bond motifs is 1. The largest absolute Gasteiger partial charge is 0.378 e. The van der Waals surface area contributed by atoms with E-state index < -0.39 is 0 Å². The summed E-state index contributed by atoms with van der Waals surface area (Å²) in [4.78, 5) is 6.90. The first kappa shape index (κ1) is 10.5. The molecule has 0 amide bonds. The van der Waals surface area contributed by atoms with E-state index >= 15 is 0 Å². The molecule has 1 aliphatic rings. The number of aromatic nitrogens is 4. The molecule has 1 fully saturated rings. The van der Waals surface area contributed by atoms with Crippen molar-refractivity contribution in [3.05, 3.63) is 18.2 Å². The normalized spacial score (nSPS) is 16.6. The number of ether oxygens (including phenoxy) is 1. The van der Waals surface area contributed by atoms with E-state index in [0.29, 0.717) is 0 Å². The van der Waals surface area contributed by atoms with Gasteiger partial charge in [0, 0.05) is 25.6 Å². The van der Waals surface area contributed by atoms with Gasteiger partial charge in [-0.2, -0.15) is 0 Å². The topological polar surface area (TPSA) is 55.5 Å². The average molecular weight is 233 g/mol. The number of nitrogens with zero attached hydrogens (tertiary/aromatic N) is 5. The third-order valence-electron chi connectivity index (χ3n) is 3.01. The van der Waals surface area contributed by atoms with E-state index in [-0.39, 0.29) is 0 Å². The fraction of sp³-hybridized carbons (Fsp3) is 0.545. The van der Waals surface area contributed by atoms with Gasteiger partial charge in [-0.3, -0.25) is 4.40 Å². The second-order valence-corrected chi connectivity index (χ2v) is 4.04.